The monoisotopic (exact) mass is 349 g/mol. The van der Waals surface area contributed by atoms with Gasteiger partial charge < -0.3 is 9.84 Å². The van der Waals surface area contributed by atoms with Crippen molar-refractivity contribution in [3.05, 3.63) is 77.2 Å². The van der Waals surface area contributed by atoms with Gasteiger partial charge in [0.05, 0.1) is 6.54 Å². The molecular weight excluding hydrogens is 326 g/mol. The molecule has 0 saturated carbocycles. The van der Waals surface area contributed by atoms with Crippen LogP contribution in [0, 0.1) is 6.92 Å². The van der Waals surface area contributed by atoms with Crippen molar-refractivity contribution >= 4 is 0 Å². The molecule has 6 heteroatoms. The van der Waals surface area contributed by atoms with E-state index in [1.807, 2.05) is 24.4 Å². The summed E-state index contributed by atoms with van der Waals surface area (Å²) < 4.78 is 5.52. The zero-order chi connectivity index (χ0) is 17.8. The van der Waals surface area contributed by atoms with E-state index in [9.17, 15) is 0 Å². The van der Waals surface area contributed by atoms with Crippen molar-refractivity contribution in [3.63, 3.8) is 0 Å². The molecule has 1 aromatic carbocycles. The van der Waals surface area contributed by atoms with Gasteiger partial charge >= 0.3 is 0 Å². The highest BCUT2D eigenvalue weighted by atomic mass is 16.5. The summed E-state index contributed by atoms with van der Waals surface area (Å²) in [6.45, 7) is 5.56. The highest BCUT2D eigenvalue weighted by Crippen LogP contribution is 2.23. The topological polar surface area (TPSA) is 67.1 Å². The molecule has 0 amide bonds. The molecule has 4 rings (SSSR count). The highest BCUT2D eigenvalue weighted by Gasteiger charge is 2.25. The number of benzene rings is 1. The molecular formula is C20H23N5O. The lowest BCUT2D eigenvalue weighted by atomic mass is 10.1. The smallest absolute Gasteiger partial charge is 0.240 e. The number of pyridine rings is 1. The minimum absolute atomic E-state index is 0.268. The molecule has 0 radical (unpaired) electrons. The van der Waals surface area contributed by atoms with E-state index in [1.165, 1.54) is 16.7 Å². The Morgan fingerprint density at radius 3 is 3.00 bits per heavy atom. The lowest BCUT2D eigenvalue weighted by molar-refractivity contribution is 0.135. The van der Waals surface area contributed by atoms with Gasteiger partial charge in [0.25, 0.3) is 0 Å². The summed E-state index contributed by atoms with van der Waals surface area (Å²) in [4.78, 5) is 11.2. The number of hydrogen-bond acceptors (Lipinski definition) is 6. The highest BCUT2D eigenvalue weighted by molar-refractivity contribution is 5.28. The summed E-state index contributed by atoms with van der Waals surface area (Å²) in [7, 11) is 0. The molecule has 1 atom stereocenters. The van der Waals surface area contributed by atoms with Crippen molar-refractivity contribution < 1.29 is 4.52 Å². The van der Waals surface area contributed by atoms with Gasteiger partial charge in [-0.05, 0) is 29.7 Å². The Hall–Kier alpha value is -2.57. The van der Waals surface area contributed by atoms with Gasteiger partial charge in [-0.15, -0.1) is 0 Å². The van der Waals surface area contributed by atoms with Gasteiger partial charge in [-0.3, -0.25) is 9.88 Å². The summed E-state index contributed by atoms with van der Waals surface area (Å²) >= 11 is 0. The maximum absolute atomic E-state index is 5.52. The maximum atomic E-state index is 5.52. The molecule has 1 saturated heterocycles. The van der Waals surface area contributed by atoms with E-state index >= 15 is 0 Å². The van der Waals surface area contributed by atoms with Crippen molar-refractivity contribution in [1.29, 1.82) is 0 Å². The normalized spacial score (nSPS) is 18.1. The molecule has 1 aliphatic rings. The molecule has 1 fully saturated rings. The summed E-state index contributed by atoms with van der Waals surface area (Å²) in [5.74, 6) is 1.41. The van der Waals surface area contributed by atoms with Gasteiger partial charge in [-0.2, -0.15) is 4.98 Å². The largest absolute Gasteiger partial charge is 0.338 e. The van der Waals surface area contributed by atoms with Crippen molar-refractivity contribution in [3.8, 4) is 0 Å². The zero-order valence-corrected chi connectivity index (χ0v) is 14.9. The van der Waals surface area contributed by atoms with Crippen molar-refractivity contribution in [2.75, 3.05) is 19.6 Å². The molecule has 0 aliphatic carbocycles. The lowest BCUT2D eigenvalue weighted by Gasteiger charge is -2.35. The Morgan fingerprint density at radius 1 is 1.23 bits per heavy atom. The second kappa shape index (κ2) is 7.76. The van der Waals surface area contributed by atoms with Gasteiger partial charge in [0, 0.05) is 44.5 Å². The molecule has 1 N–H and O–H groups in total. The molecule has 3 aromatic rings. The minimum atomic E-state index is 0.268. The zero-order valence-electron chi connectivity index (χ0n) is 14.9. The second-order valence-corrected chi connectivity index (χ2v) is 6.68. The van der Waals surface area contributed by atoms with Gasteiger partial charge in [0.15, 0.2) is 5.82 Å². The minimum Gasteiger partial charge on any atom is -0.338 e. The fourth-order valence-corrected chi connectivity index (χ4v) is 3.42. The summed E-state index contributed by atoms with van der Waals surface area (Å²) in [6, 6.07) is 12.7. The third kappa shape index (κ3) is 3.81. The Balaban J connectivity index is 1.46. The van der Waals surface area contributed by atoms with Crippen LogP contribution in [0.1, 0.15) is 34.4 Å². The summed E-state index contributed by atoms with van der Waals surface area (Å²) in [6.07, 6.45) is 4.44. The van der Waals surface area contributed by atoms with Crippen LogP contribution in [0.15, 0.2) is 53.3 Å². The van der Waals surface area contributed by atoms with Gasteiger partial charge in [-0.1, -0.05) is 35.5 Å². The van der Waals surface area contributed by atoms with Crippen LogP contribution in [0.5, 0.6) is 0 Å². The van der Waals surface area contributed by atoms with E-state index in [0.29, 0.717) is 18.9 Å². The summed E-state index contributed by atoms with van der Waals surface area (Å²) in [5.41, 5.74) is 3.69. The third-order valence-electron chi connectivity index (χ3n) is 4.88. The number of aryl methyl sites for hydroxylation is 1. The quantitative estimate of drug-likeness (QED) is 0.763. The molecule has 0 spiro atoms. The Kier molecular flexibility index (Phi) is 5.04. The number of aromatic nitrogens is 3. The second-order valence-electron chi connectivity index (χ2n) is 6.68. The standard InChI is InChI=1S/C20H23N5O/c1-15-5-2-3-6-16(15)11-19-23-20(26-24-19)14-25-10-9-22-13-18(25)17-7-4-8-21-12-17/h2-8,12,18,22H,9-11,13-14H2,1H3. The van der Waals surface area contributed by atoms with E-state index < -0.39 is 0 Å². The first-order valence-electron chi connectivity index (χ1n) is 9.00. The van der Waals surface area contributed by atoms with Gasteiger partial charge in [0.1, 0.15) is 0 Å². The number of rotatable bonds is 5. The molecule has 2 aromatic heterocycles. The van der Waals surface area contributed by atoms with Crippen LogP contribution in [-0.4, -0.2) is 39.7 Å². The predicted octanol–water partition coefficient (Wildman–Crippen LogP) is 2.51. The Labute approximate surface area is 153 Å². The molecule has 26 heavy (non-hydrogen) atoms. The van der Waals surface area contributed by atoms with E-state index in [0.717, 1.165) is 25.5 Å². The average Bonchev–Trinajstić information content (AvgIpc) is 3.12. The van der Waals surface area contributed by atoms with Crippen LogP contribution in [-0.2, 0) is 13.0 Å². The maximum Gasteiger partial charge on any atom is 0.240 e. The SMILES string of the molecule is Cc1ccccc1Cc1noc(CN2CCNCC2c2cccnc2)n1. The Morgan fingerprint density at radius 2 is 2.15 bits per heavy atom. The molecule has 1 aliphatic heterocycles. The van der Waals surface area contributed by atoms with Crippen LogP contribution in [0.4, 0.5) is 0 Å². The van der Waals surface area contributed by atoms with Crippen LogP contribution < -0.4 is 5.32 Å². The molecule has 0 bridgehead atoms. The number of nitrogens with zero attached hydrogens (tertiary/aromatic N) is 4. The van der Waals surface area contributed by atoms with Crippen LogP contribution >= 0.6 is 0 Å². The van der Waals surface area contributed by atoms with Crippen molar-refractivity contribution in [2.24, 2.45) is 0 Å². The fourth-order valence-electron chi connectivity index (χ4n) is 3.42. The van der Waals surface area contributed by atoms with E-state index in [2.05, 4.69) is 50.5 Å². The first-order chi connectivity index (χ1) is 12.8. The molecule has 3 heterocycles. The lowest BCUT2D eigenvalue weighted by Crippen LogP contribution is -2.45. The molecule has 1 unspecified atom stereocenters. The van der Waals surface area contributed by atoms with Crippen LogP contribution in [0.3, 0.4) is 0 Å². The Bertz CT molecular complexity index is 848. The average molecular weight is 349 g/mol. The van der Waals surface area contributed by atoms with E-state index in [-0.39, 0.29) is 6.04 Å². The van der Waals surface area contributed by atoms with Crippen LogP contribution in [0.2, 0.25) is 0 Å². The number of piperazine rings is 1. The first-order valence-corrected chi connectivity index (χ1v) is 9.00. The third-order valence-corrected chi connectivity index (χ3v) is 4.88. The molecule has 134 valence electrons. The van der Waals surface area contributed by atoms with Gasteiger partial charge in [0.2, 0.25) is 5.89 Å². The molecule has 6 nitrogen and oxygen atoms in total. The van der Waals surface area contributed by atoms with Crippen molar-refractivity contribution in [2.45, 2.75) is 25.9 Å². The van der Waals surface area contributed by atoms with Gasteiger partial charge in [-0.25, -0.2) is 0 Å². The number of hydrogen-bond donors (Lipinski definition) is 1. The van der Waals surface area contributed by atoms with E-state index in [4.69, 9.17) is 4.52 Å². The fraction of sp³-hybridized carbons (Fsp3) is 0.350. The summed E-state index contributed by atoms with van der Waals surface area (Å²) in [5, 5.41) is 7.63. The predicted molar refractivity (Wildman–Crippen MR) is 98.5 cm³/mol. The first kappa shape index (κ1) is 16.9. The van der Waals surface area contributed by atoms with E-state index in [1.54, 1.807) is 6.20 Å². The van der Waals surface area contributed by atoms with Crippen molar-refractivity contribution in [1.82, 2.24) is 25.3 Å². The van der Waals surface area contributed by atoms with Crippen LogP contribution in [0.25, 0.3) is 0 Å². The number of nitrogens with one attached hydrogen (secondary N) is 1.